The Morgan fingerprint density at radius 1 is 1.10 bits per heavy atom. The van der Waals surface area contributed by atoms with Crippen molar-refractivity contribution >= 4 is 5.82 Å². The lowest BCUT2D eigenvalue weighted by atomic mass is 10.1. The van der Waals surface area contributed by atoms with Crippen LogP contribution in [0.15, 0.2) is 36.7 Å². The van der Waals surface area contributed by atoms with Crippen molar-refractivity contribution in [3.63, 3.8) is 0 Å². The molecule has 0 unspecified atom stereocenters. The summed E-state index contributed by atoms with van der Waals surface area (Å²) in [6, 6.07) is 10.4. The van der Waals surface area contributed by atoms with Gasteiger partial charge in [-0.05, 0) is 17.0 Å². The van der Waals surface area contributed by atoms with Gasteiger partial charge in [0.05, 0.1) is 0 Å². The van der Waals surface area contributed by atoms with E-state index in [0.29, 0.717) is 12.5 Å². The second-order valence-electron chi connectivity index (χ2n) is 5.33. The number of aromatic nitrogens is 2. The molecule has 0 amide bonds. The number of hydrogen-bond donors (Lipinski definition) is 1. The van der Waals surface area contributed by atoms with Crippen LogP contribution in [0.2, 0.25) is 0 Å². The van der Waals surface area contributed by atoms with Crippen LogP contribution in [0.5, 0.6) is 0 Å². The number of nitrogens with zero attached hydrogens (tertiary/aromatic N) is 3. The Morgan fingerprint density at radius 3 is 2.35 bits per heavy atom. The molecule has 2 rings (SSSR count). The summed E-state index contributed by atoms with van der Waals surface area (Å²) in [6.07, 6.45) is 1.64. The van der Waals surface area contributed by atoms with Crippen LogP contribution in [0.25, 0.3) is 0 Å². The molecule has 0 aliphatic heterocycles. The SMILES string of the molecule is CC(C)c1cc(N(C)Cc2ccc(CN)cc2)ncn1. The van der Waals surface area contributed by atoms with E-state index in [2.05, 4.69) is 59.0 Å². The minimum atomic E-state index is 0.411. The van der Waals surface area contributed by atoms with Crippen molar-refractivity contribution in [2.45, 2.75) is 32.9 Å². The fraction of sp³-hybridized carbons (Fsp3) is 0.375. The first-order valence-corrected chi connectivity index (χ1v) is 6.91. The highest BCUT2D eigenvalue weighted by Gasteiger charge is 2.07. The number of rotatable bonds is 5. The van der Waals surface area contributed by atoms with Gasteiger partial charge >= 0.3 is 0 Å². The standard InChI is InChI=1S/C16H22N4/c1-12(2)15-8-16(19-11-18-15)20(3)10-14-6-4-13(9-17)5-7-14/h4-8,11-12H,9-10,17H2,1-3H3. The van der Waals surface area contributed by atoms with Crippen molar-refractivity contribution in [1.82, 2.24) is 9.97 Å². The van der Waals surface area contributed by atoms with E-state index in [1.165, 1.54) is 5.56 Å². The van der Waals surface area contributed by atoms with E-state index in [1.54, 1.807) is 6.33 Å². The zero-order valence-corrected chi connectivity index (χ0v) is 12.4. The topological polar surface area (TPSA) is 55.0 Å². The van der Waals surface area contributed by atoms with Crippen LogP contribution >= 0.6 is 0 Å². The average Bonchev–Trinajstić information content (AvgIpc) is 2.48. The van der Waals surface area contributed by atoms with Gasteiger partial charge in [0, 0.05) is 31.9 Å². The lowest BCUT2D eigenvalue weighted by Gasteiger charge is -2.19. The number of nitrogens with two attached hydrogens (primary N) is 1. The molecular formula is C16H22N4. The first kappa shape index (κ1) is 14.5. The summed E-state index contributed by atoms with van der Waals surface area (Å²) in [5.74, 6) is 1.36. The summed E-state index contributed by atoms with van der Waals surface area (Å²) >= 11 is 0. The van der Waals surface area contributed by atoms with Crippen molar-refractivity contribution in [3.8, 4) is 0 Å². The number of anilines is 1. The van der Waals surface area contributed by atoms with Crippen LogP contribution in [0, 0.1) is 0 Å². The summed E-state index contributed by atoms with van der Waals surface area (Å²) < 4.78 is 0. The van der Waals surface area contributed by atoms with Crippen molar-refractivity contribution in [3.05, 3.63) is 53.5 Å². The maximum atomic E-state index is 5.61. The van der Waals surface area contributed by atoms with Gasteiger partial charge in [-0.25, -0.2) is 9.97 Å². The van der Waals surface area contributed by atoms with Gasteiger partial charge in [-0.15, -0.1) is 0 Å². The van der Waals surface area contributed by atoms with Gasteiger partial charge in [0.1, 0.15) is 12.1 Å². The summed E-state index contributed by atoms with van der Waals surface area (Å²) in [4.78, 5) is 10.8. The highest BCUT2D eigenvalue weighted by atomic mass is 15.2. The minimum Gasteiger partial charge on any atom is -0.355 e. The van der Waals surface area contributed by atoms with Gasteiger partial charge in [-0.1, -0.05) is 38.1 Å². The van der Waals surface area contributed by atoms with Gasteiger partial charge in [-0.2, -0.15) is 0 Å². The first-order chi connectivity index (χ1) is 9.60. The molecule has 1 aromatic heterocycles. The maximum Gasteiger partial charge on any atom is 0.132 e. The average molecular weight is 270 g/mol. The Morgan fingerprint density at radius 2 is 1.75 bits per heavy atom. The normalized spacial score (nSPS) is 10.8. The van der Waals surface area contributed by atoms with Crippen molar-refractivity contribution in [2.24, 2.45) is 5.73 Å². The van der Waals surface area contributed by atoms with E-state index < -0.39 is 0 Å². The van der Waals surface area contributed by atoms with Gasteiger partial charge in [0.25, 0.3) is 0 Å². The molecule has 0 aliphatic carbocycles. The summed E-state index contributed by atoms with van der Waals surface area (Å²) in [5, 5.41) is 0. The van der Waals surface area contributed by atoms with Gasteiger partial charge in [-0.3, -0.25) is 0 Å². The molecule has 4 nitrogen and oxygen atoms in total. The van der Waals surface area contributed by atoms with Crippen LogP contribution < -0.4 is 10.6 Å². The largest absolute Gasteiger partial charge is 0.355 e. The molecule has 0 atom stereocenters. The minimum absolute atomic E-state index is 0.411. The molecule has 0 radical (unpaired) electrons. The van der Waals surface area contributed by atoms with Crippen molar-refractivity contribution in [1.29, 1.82) is 0 Å². The summed E-state index contributed by atoms with van der Waals surface area (Å²) in [6.45, 7) is 5.68. The highest BCUT2D eigenvalue weighted by molar-refractivity contribution is 5.40. The Hall–Kier alpha value is -1.94. The predicted octanol–water partition coefficient (Wildman–Crippen LogP) is 2.70. The second kappa shape index (κ2) is 6.48. The molecule has 20 heavy (non-hydrogen) atoms. The quantitative estimate of drug-likeness (QED) is 0.907. The molecule has 1 heterocycles. The lowest BCUT2D eigenvalue weighted by Crippen LogP contribution is -2.18. The fourth-order valence-corrected chi connectivity index (χ4v) is 2.02. The predicted molar refractivity (Wildman–Crippen MR) is 82.6 cm³/mol. The molecule has 0 bridgehead atoms. The van der Waals surface area contributed by atoms with Crippen LogP contribution in [0.1, 0.15) is 36.6 Å². The third kappa shape index (κ3) is 3.54. The molecule has 0 fully saturated rings. The zero-order valence-electron chi connectivity index (χ0n) is 12.4. The Balaban J connectivity index is 2.10. The molecule has 2 N–H and O–H groups in total. The van der Waals surface area contributed by atoms with E-state index in [9.17, 15) is 0 Å². The van der Waals surface area contributed by atoms with Gasteiger partial charge < -0.3 is 10.6 Å². The molecular weight excluding hydrogens is 248 g/mol. The highest BCUT2D eigenvalue weighted by Crippen LogP contribution is 2.17. The third-order valence-electron chi connectivity index (χ3n) is 3.33. The summed E-state index contributed by atoms with van der Waals surface area (Å²) in [7, 11) is 2.04. The Labute approximate surface area is 120 Å². The molecule has 1 aromatic carbocycles. The van der Waals surface area contributed by atoms with E-state index in [0.717, 1.165) is 23.6 Å². The monoisotopic (exact) mass is 270 g/mol. The second-order valence-corrected chi connectivity index (χ2v) is 5.33. The molecule has 106 valence electrons. The molecule has 0 spiro atoms. The van der Waals surface area contributed by atoms with Crippen molar-refractivity contribution in [2.75, 3.05) is 11.9 Å². The molecule has 0 saturated heterocycles. The van der Waals surface area contributed by atoms with Gasteiger partial charge in [0.15, 0.2) is 0 Å². The fourth-order valence-electron chi connectivity index (χ4n) is 2.02. The maximum absolute atomic E-state index is 5.61. The third-order valence-corrected chi connectivity index (χ3v) is 3.33. The molecule has 0 saturated carbocycles. The summed E-state index contributed by atoms with van der Waals surface area (Å²) in [5.41, 5.74) is 9.08. The van der Waals surface area contributed by atoms with E-state index in [1.807, 2.05) is 7.05 Å². The number of benzene rings is 1. The van der Waals surface area contributed by atoms with Crippen LogP contribution in [-0.2, 0) is 13.1 Å². The number of hydrogen-bond acceptors (Lipinski definition) is 4. The van der Waals surface area contributed by atoms with E-state index in [4.69, 9.17) is 5.73 Å². The van der Waals surface area contributed by atoms with Crippen LogP contribution in [0.3, 0.4) is 0 Å². The lowest BCUT2D eigenvalue weighted by molar-refractivity contribution is 0.802. The van der Waals surface area contributed by atoms with Gasteiger partial charge in [0.2, 0.25) is 0 Å². The van der Waals surface area contributed by atoms with Crippen LogP contribution in [-0.4, -0.2) is 17.0 Å². The Kier molecular flexibility index (Phi) is 4.69. The molecule has 4 heteroatoms. The van der Waals surface area contributed by atoms with E-state index in [-0.39, 0.29) is 0 Å². The van der Waals surface area contributed by atoms with E-state index >= 15 is 0 Å². The van der Waals surface area contributed by atoms with Crippen LogP contribution in [0.4, 0.5) is 5.82 Å². The smallest absolute Gasteiger partial charge is 0.132 e. The molecule has 2 aromatic rings. The first-order valence-electron chi connectivity index (χ1n) is 6.91. The Bertz CT molecular complexity index is 549. The van der Waals surface area contributed by atoms with Crippen molar-refractivity contribution < 1.29 is 0 Å². The zero-order chi connectivity index (χ0) is 14.5. The molecule has 0 aliphatic rings.